The van der Waals surface area contributed by atoms with Gasteiger partial charge in [0.15, 0.2) is 11.6 Å². The summed E-state index contributed by atoms with van der Waals surface area (Å²) in [5.41, 5.74) is 4.78. The molecule has 0 spiro atoms. The van der Waals surface area contributed by atoms with Gasteiger partial charge in [-0.05, 0) is 55.9 Å². The van der Waals surface area contributed by atoms with Gasteiger partial charge >= 0.3 is 0 Å². The number of piperazine rings is 1. The van der Waals surface area contributed by atoms with Crippen molar-refractivity contribution >= 4 is 46.2 Å². The van der Waals surface area contributed by atoms with Crippen LogP contribution in [0.1, 0.15) is 11.1 Å². The number of nitrogens with one attached hydrogen (secondary N) is 2. The van der Waals surface area contributed by atoms with Crippen LogP contribution in [0.2, 0.25) is 5.02 Å². The van der Waals surface area contributed by atoms with Gasteiger partial charge in [0.05, 0.1) is 6.20 Å². The molecule has 8 heteroatoms. The Morgan fingerprint density at radius 3 is 2.56 bits per heavy atom. The molecule has 0 bridgehead atoms. The number of ketones is 1. The number of benzene rings is 2. The van der Waals surface area contributed by atoms with Crippen LogP contribution in [0.15, 0.2) is 61.3 Å². The second kappa shape index (κ2) is 10.7. The molecule has 1 saturated heterocycles. The lowest BCUT2D eigenvalue weighted by atomic mass is 10.0. The summed E-state index contributed by atoms with van der Waals surface area (Å²) >= 11 is 6.38. The molecule has 0 amide bonds. The zero-order valence-corrected chi connectivity index (χ0v) is 20.3. The molecule has 2 aromatic carbocycles. The predicted octanol–water partition coefficient (Wildman–Crippen LogP) is 4.98. The third-order valence-electron chi connectivity index (χ3n) is 5.84. The fourth-order valence-corrected chi connectivity index (χ4v) is 3.98. The zero-order chi connectivity index (χ0) is 24.1. The van der Waals surface area contributed by atoms with Crippen LogP contribution in [-0.2, 0) is 11.2 Å². The van der Waals surface area contributed by atoms with E-state index < -0.39 is 0 Å². The molecule has 1 fully saturated rings. The number of rotatable bonds is 8. The fraction of sp³-hybridized carbons (Fsp3) is 0.269. The maximum atomic E-state index is 11.9. The number of carbonyl (C=O) groups is 1. The van der Waals surface area contributed by atoms with E-state index in [-0.39, 0.29) is 12.2 Å². The van der Waals surface area contributed by atoms with E-state index in [2.05, 4.69) is 56.2 Å². The Morgan fingerprint density at radius 1 is 1.12 bits per heavy atom. The number of hydrogen-bond donors (Lipinski definition) is 2. The first-order valence-electron chi connectivity index (χ1n) is 11.3. The summed E-state index contributed by atoms with van der Waals surface area (Å²) < 4.78 is 0. The lowest BCUT2D eigenvalue weighted by Gasteiger charge is -2.34. The summed E-state index contributed by atoms with van der Waals surface area (Å²) in [5.74, 6) is 0.837. The maximum absolute atomic E-state index is 11.9. The van der Waals surface area contributed by atoms with Gasteiger partial charge in [0, 0.05) is 49.7 Å². The minimum atomic E-state index is -0.0511. The van der Waals surface area contributed by atoms with Crippen LogP contribution in [0.5, 0.6) is 0 Å². The molecule has 4 rings (SSSR count). The van der Waals surface area contributed by atoms with Gasteiger partial charge in [-0.2, -0.15) is 4.98 Å². The van der Waals surface area contributed by atoms with E-state index in [9.17, 15) is 4.79 Å². The van der Waals surface area contributed by atoms with E-state index in [1.54, 1.807) is 6.20 Å². The molecule has 0 saturated carbocycles. The van der Waals surface area contributed by atoms with Gasteiger partial charge in [-0.1, -0.05) is 35.9 Å². The number of carbonyl (C=O) groups excluding carboxylic acids is 1. The number of aryl methyl sites for hydroxylation is 1. The van der Waals surface area contributed by atoms with Crippen LogP contribution in [0.3, 0.4) is 0 Å². The smallest absolute Gasteiger partial charge is 0.229 e. The second-order valence-electron chi connectivity index (χ2n) is 8.49. The highest BCUT2D eigenvalue weighted by Crippen LogP contribution is 2.28. The molecule has 0 unspecified atom stereocenters. The first-order valence-corrected chi connectivity index (χ1v) is 11.6. The van der Waals surface area contributed by atoms with Gasteiger partial charge in [-0.25, -0.2) is 4.98 Å². The number of halogens is 1. The molecule has 7 nitrogen and oxygen atoms in total. The van der Waals surface area contributed by atoms with Crippen LogP contribution in [0.4, 0.5) is 28.8 Å². The molecule has 0 aliphatic carbocycles. The van der Waals surface area contributed by atoms with E-state index in [1.807, 2.05) is 37.3 Å². The van der Waals surface area contributed by atoms with Gasteiger partial charge in [-0.3, -0.25) is 4.79 Å². The van der Waals surface area contributed by atoms with Gasteiger partial charge in [0.25, 0.3) is 0 Å². The zero-order valence-electron chi connectivity index (χ0n) is 19.5. The van der Waals surface area contributed by atoms with Crippen LogP contribution < -0.4 is 15.5 Å². The average molecular weight is 477 g/mol. The third kappa shape index (κ3) is 5.92. The van der Waals surface area contributed by atoms with E-state index in [1.165, 1.54) is 11.8 Å². The fourth-order valence-electron chi connectivity index (χ4n) is 3.84. The highest BCUT2D eigenvalue weighted by atomic mass is 35.5. The molecule has 3 aromatic rings. The quantitative estimate of drug-likeness (QED) is 0.444. The highest BCUT2D eigenvalue weighted by molar-refractivity contribution is 6.32. The van der Waals surface area contributed by atoms with E-state index in [4.69, 9.17) is 11.6 Å². The molecule has 1 aliphatic rings. The van der Waals surface area contributed by atoms with Crippen LogP contribution in [0, 0.1) is 6.92 Å². The molecule has 0 radical (unpaired) electrons. The monoisotopic (exact) mass is 476 g/mol. The van der Waals surface area contributed by atoms with Crippen molar-refractivity contribution in [3.8, 4) is 0 Å². The van der Waals surface area contributed by atoms with Crippen molar-refractivity contribution in [1.29, 1.82) is 0 Å². The Hall–Kier alpha value is -3.42. The Balaban J connectivity index is 1.49. The number of nitrogens with zero attached hydrogens (tertiary/aromatic N) is 4. The van der Waals surface area contributed by atoms with Crippen LogP contribution >= 0.6 is 11.6 Å². The summed E-state index contributed by atoms with van der Waals surface area (Å²) in [5, 5.41) is 6.89. The Bertz CT molecular complexity index is 1170. The molecule has 176 valence electrons. The van der Waals surface area contributed by atoms with Crippen molar-refractivity contribution in [2.24, 2.45) is 0 Å². The SMILES string of the molecule is C=CC(=O)Cc1cc(C)ccc1Nc1nc(Nc2ccc(N3CCN(C)CC3)cc2)ncc1Cl. The Morgan fingerprint density at radius 2 is 1.85 bits per heavy atom. The van der Waals surface area contributed by atoms with Crippen LogP contribution in [-0.4, -0.2) is 53.9 Å². The van der Waals surface area contributed by atoms with E-state index in [0.29, 0.717) is 16.8 Å². The summed E-state index contributed by atoms with van der Waals surface area (Å²) in [6, 6.07) is 14.1. The van der Waals surface area contributed by atoms with Gasteiger partial charge in [-0.15, -0.1) is 0 Å². The van der Waals surface area contributed by atoms with Gasteiger partial charge < -0.3 is 20.4 Å². The summed E-state index contributed by atoms with van der Waals surface area (Å²) in [4.78, 5) is 25.6. The molecule has 2 heterocycles. The lowest BCUT2D eigenvalue weighted by molar-refractivity contribution is -0.114. The Kier molecular flexibility index (Phi) is 7.45. The predicted molar refractivity (Wildman–Crippen MR) is 140 cm³/mol. The van der Waals surface area contributed by atoms with Crippen molar-refractivity contribution in [2.45, 2.75) is 13.3 Å². The number of hydrogen-bond acceptors (Lipinski definition) is 7. The van der Waals surface area contributed by atoms with Crippen molar-refractivity contribution in [3.63, 3.8) is 0 Å². The topological polar surface area (TPSA) is 73.4 Å². The number of likely N-dealkylation sites (N-methyl/N-ethyl adjacent to an activating group) is 1. The molecule has 1 aromatic heterocycles. The van der Waals surface area contributed by atoms with Crippen molar-refractivity contribution in [2.75, 3.05) is 48.8 Å². The van der Waals surface area contributed by atoms with Crippen molar-refractivity contribution in [1.82, 2.24) is 14.9 Å². The molecule has 1 aliphatic heterocycles. The third-order valence-corrected chi connectivity index (χ3v) is 6.12. The van der Waals surface area contributed by atoms with E-state index >= 15 is 0 Å². The average Bonchev–Trinajstić information content (AvgIpc) is 2.84. The standard InChI is InChI=1S/C26H29ClN6O/c1-4-22(34)16-19-15-18(2)5-10-24(19)30-25-23(27)17-28-26(31-25)29-20-6-8-21(9-7-20)33-13-11-32(3)12-14-33/h4-10,15,17H,1,11-14,16H2,2-3H3,(H2,28,29,30,31). The van der Waals surface area contributed by atoms with Gasteiger partial charge in [0.2, 0.25) is 5.95 Å². The molecular weight excluding hydrogens is 448 g/mol. The van der Waals surface area contributed by atoms with Gasteiger partial charge in [0.1, 0.15) is 5.02 Å². The van der Waals surface area contributed by atoms with Crippen LogP contribution in [0.25, 0.3) is 0 Å². The first kappa shape index (κ1) is 23.7. The minimum Gasteiger partial charge on any atom is -0.369 e. The molecule has 0 atom stereocenters. The van der Waals surface area contributed by atoms with Crippen molar-refractivity contribution in [3.05, 3.63) is 77.5 Å². The summed E-state index contributed by atoms with van der Waals surface area (Å²) in [6.45, 7) is 9.74. The number of aromatic nitrogens is 2. The Labute approximate surface area is 205 Å². The second-order valence-corrected chi connectivity index (χ2v) is 8.89. The first-order chi connectivity index (χ1) is 16.4. The summed E-state index contributed by atoms with van der Waals surface area (Å²) in [6.07, 6.45) is 3.14. The lowest BCUT2D eigenvalue weighted by Crippen LogP contribution is -2.44. The normalized spacial score (nSPS) is 14.0. The molecular formula is C26H29ClN6O. The van der Waals surface area contributed by atoms with E-state index in [0.717, 1.165) is 48.7 Å². The number of allylic oxidation sites excluding steroid dienone is 1. The largest absolute Gasteiger partial charge is 0.369 e. The highest BCUT2D eigenvalue weighted by Gasteiger charge is 2.15. The maximum Gasteiger partial charge on any atom is 0.229 e. The molecule has 34 heavy (non-hydrogen) atoms. The summed E-state index contributed by atoms with van der Waals surface area (Å²) in [7, 11) is 2.15. The number of anilines is 5. The minimum absolute atomic E-state index is 0.0511. The van der Waals surface area contributed by atoms with Crippen molar-refractivity contribution < 1.29 is 4.79 Å². The molecule has 2 N–H and O–H groups in total.